The van der Waals surface area contributed by atoms with Crippen LogP contribution in [0.15, 0.2) is 21.9 Å². The number of benzene rings is 1. The van der Waals surface area contributed by atoms with Gasteiger partial charge in [-0.25, -0.2) is 0 Å². The van der Waals surface area contributed by atoms with Gasteiger partial charge in [0.2, 0.25) is 5.91 Å². The van der Waals surface area contributed by atoms with Crippen molar-refractivity contribution in [2.45, 2.75) is 30.6 Å². The Balaban J connectivity index is 1.99. The lowest BCUT2D eigenvalue weighted by atomic mass is 9.49. The highest BCUT2D eigenvalue weighted by Gasteiger charge is 2.73. The second-order valence-electron chi connectivity index (χ2n) is 9.43. The summed E-state index contributed by atoms with van der Waals surface area (Å²) in [5, 5.41) is 37.3. The number of carbonyl (C=O) groups is 5. The highest BCUT2D eigenvalue weighted by atomic mass is 35.5. The number of amides is 1. The molecule has 12 nitrogen and oxygen atoms in total. The van der Waals surface area contributed by atoms with Gasteiger partial charge in [-0.3, -0.25) is 28.9 Å². The molecule has 0 spiro atoms. The van der Waals surface area contributed by atoms with E-state index in [-0.39, 0.29) is 16.8 Å². The number of likely N-dealkylation sites (N-methyl/N-ethyl adjacent to an activating group) is 1. The van der Waals surface area contributed by atoms with Crippen molar-refractivity contribution in [2.24, 2.45) is 39.2 Å². The number of hydrogen-bond donors (Lipinski definition) is 4. The minimum atomic E-state index is -3.04. The number of phenolic OH excluding ortho intramolecular Hbond substituents is 1. The van der Waals surface area contributed by atoms with E-state index in [1.165, 1.54) is 25.1 Å². The van der Waals surface area contributed by atoms with E-state index >= 15 is 0 Å². The van der Waals surface area contributed by atoms with Crippen LogP contribution in [-0.2, 0) is 19.2 Å². The Morgan fingerprint density at radius 3 is 2.34 bits per heavy atom. The number of nitrogens with zero attached hydrogens (tertiary/aromatic N) is 3. The maximum Gasteiger partial charge on any atom is 0.235 e. The van der Waals surface area contributed by atoms with Gasteiger partial charge in [0.25, 0.3) is 0 Å². The number of phenols is 1. The molecule has 0 aromatic heterocycles. The maximum absolute atomic E-state index is 13.8. The van der Waals surface area contributed by atoms with E-state index in [9.17, 15) is 39.3 Å². The average Bonchev–Trinajstić information content (AvgIpc) is 2.77. The molecule has 3 aliphatic rings. The number of fused-ring (bicyclic) bond motifs is 3. The molecule has 1 aromatic rings. The first-order chi connectivity index (χ1) is 16.3. The van der Waals surface area contributed by atoms with Crippen LogP contribution in [0.3, 0.4) is 0 Å². The first kappa shape index (κ1) is 25.0. The summed E-state index contributed by atoms with van der Waals surface area (Å²) in [7, 11) is 2.84. The summed E-state index contributed by atoms with van der Waals surface area (Å²) in [6, 6.07) is 1.07. The lowest BCUT2D eigenvalue weighted by Gasteiger charge is -2.56. The zero-order valence-electron chi connectivity index (χ0n) is 18.9. The molecule has 0 radical (unpaired) electrons. The quantitative estimate of drug-likeness (QED) is 0.312. The van der Waals surface area contributed by atoms with Crippen LogP contribution in [0.25, 0.3) is 0 Å². The average molecular weight is 507 g/mol. The van der Waals surface area contributed by atoms with Gasteiger partial charge < -0.3 is 21.1 Å². The molecule has 0 aliphatic heterocycles. The van der Waals surface area contributed by atoms with Crippen molar-refractivity contribution in [3.63, 3.8) is 0 Å². The first-order valence-corrected chi connectivity index (χ1v) is 11.1. The fourth-order valence-electron chi connectivity index (χ4n) is 6.17. The van der Waals surface area contributed by atoms with E-state index in [0.29, 0.717) is 0 Å². The van der Waals surface area contributed by atoms with Gasteiger partial charge in [0.05, 0.1) is 47.0 Å². The molecule has 2 saturated carbocycles. The van der Waals surface area contributed by atoms with Gasteiger partial charge in [-0.15, -0.1) is 5.11 Å². The summed E-state index contributed by atoms with van der Waals surface area (Å²) in [5.74, 6) is -14.1. The molecule has 1 aromatic carbocycles. The van der Waals surface area contributed by atoms with Crippen molar-refractivity contribution in [2.75, 3.05) is 14.1 Å². The van der Waals surface area contributed by atoms with E-state index in [1.54, 1.807) is 6.92 Å². The van der Waals surface area contributed by atoms with Crippen LogP contribution in [0.2, 0.25) is 0 Å². The zero-order chi connectivity index (χ0) is 26.1. The molecule has 3 aliphatic carbocycles. The van der Waals surface area contributed by atoms with E-state index < -0.39 is 82.1 Å². The highest BCUT2D eigenvalue weighted by molar-refractivity contribution is 6.32. The van der Waals surface area contributed by atoms with E-state index in [0.717, 1.165) is 6.07 Å². The molecule has 0 bridgehead atoms. The summed E-state index contributed by atoms with van der Waals surface area (Å²) in [6.45, 7) is 1.57. The molecule has 186 valence electrons. The fourth-order valence-corrected chi connectivity index (χ4v) is 6.26. The van der Waals surface area contributed by atoms with Gasteiger partial charge >= 0.3 is 0 Å². The van der Waals surface area contributed by atoms with Gasteiger partial charge in [-0.2, -0.15) is 0 Å². The van der Waals surface area contributed by atoms with Crippen molar-refractivity contribution in [3.05, 3.63) is 23.3 Å². The number of Topliss-reactive ketones (excluding diaryl/α,β-unsaturated/α-hetero) is 4. The summed E-state index contributed by atoms with van der Waals surface area (Å²) in [6.07, 6.45) is -1.73. The van der Waals surface area contributed by atoms with Crippen LogP contribution in [0.1, 0.15) is 28.8 Å². The molecular formula is C22H23ClN4O8. The summed E-state index contributed by atoms with van der Waals surface area (Å²) in [4.78, 5) is 67.0. The Morgan fingerprint density at radius 1 is 1.17 bits per heavy atom. The molecule has 2 fully saturated rings. The second-order valence-corrected chi connectivity index (χ2v) is 9.58. The third-order valence-electron chi connectivity index (χ3n) is 7.59. The minimum absolute atomic E-state index is 0.112. The number of primary amides is 1. The monoisotopic (exact) mass is 506 g/mol. The molecular weight excluding hydrogens is 484 g/mol. The second kappa shape index (κ2) is 8.26. The summed E-state index contributed by atoms with van der Waals surface area (Å²) >= 11 is 5.38. The normalized spacial score (nSPS) is 36.8. The lowest BCUT2D eigenvalue weighted by molar-refractivity contribution is -0.196. The topological polar surface area (TPSA) is 200 Å². The molecule has 4 rings (SSSR count). The van der Waals surface area contributed by atoms with Gasteiger partial charge in [-0.1, -0.05) is 11.6 Å². The summed E-state index contributed by atoms with van der Waals surface area (Å²) < 4.78 is 3.19. The van der Waals surface area contributed by atoms with Crippen LogP contribution in [-0.4, -0.2) is 81.1 Å². The number of ketones is 4. The number of halogens is 1. The van der Waals surface area contributed by atoms with Crippen molar-refractivity contribution in [3.8, 4) is 5.75 Å². The molecule has 8 atom stereocenters. The Kier molecular flexibility index (Phi) is 5.91. The van der Waals surface area contributed by atoms with Crippen molar-refractivity contribution >= 4 is 46.5 Å². The predicted molar refractivity (Wildman–Crippen MR) is 118 cm³/mol. The van der Waals surface area contributed by atoms with Crippen LogP contribution in [0.4, 0.5) is 5.69 Å². The molecule has 5 N–H and O–H groups in total. The number of aliphatic hydroxyl groups excluding tert-OH is 1. The standard InChI is InChI=1S/C22H23ClN4O8/c1-6-9-7(25-26-23)4-5-8(28)11(9)16(29)12-10(6)17(30)14-15(27(2)3)18(31)13(21(24)34)20(33)22(14,35)19(12)32/h4-6,10,12-15,17,28,30,35H,1-3H3,(H2,24,34)/t6-,10?,12?,13?,14?,15-,17-,22-/m0/s1. The van der Waals surface area contributed by atoms with Crippen LogP contribution < -0.4 is 5.73 Å². The largest absolute Gasteiger partial charge is 0.507 e. The highest BCUT2D eigenvalue weighted by Crippen LogP contribution is 2.55. The molecule has 4 unspecified atom stereocenters. The number of hydrogen-bond acceptors (Lipinski definition) is 11. The van der Waals surface area contributed by atoms with Crippen molar-refractivity contribution < 1.29 is 39.3 Å². The molecule has 1 amide bonds. The zero-order valence-corrected chi connectivity index (χ0v) is 19.6. The van der Waals surface area contributed by atoms with E-state index in [1.807, 2.05) is 0 Å². The third-order valence-corrected chi connectivity index (χ3v) is 7.67. The number of aliphatic hydroxyl groups is 2. The van der Waals surface area contributed by atoms with Gasteiger partial charge in [0.1, 0.15) is 5.75 Å². The Hall–Kier alpha value is -3.06. The fraction of sp³-hybridized carbons (Fsp3) is 0.500. The lowest BCUT2D eigenvalue weighted by Crippen LogP contribution is -2.77. The Morgan fingerprint density at radius 2 is 1.80 bits per heavy atom. The predicted octanol–water partition coefficient (Wildman–Crippen LogP) is -0.364. The summed E-state index contributed by atoms with van der Waals surface area (Å²) in [5.41, 5.74) is 2.23. The first-order valence-electron chi connectivity index (χ1n) is 10.7. The third kappa shape index (κ3) is 3.13. The minimum Gasteiger partial charge on any atom is -0.507 e. The molecule has 35 heavy (non-hydrogen) atoms. The van der Waals surface area contributed by atoms with Crippen LogP contribution >= 0.6 is 11.8 Å². The number of carbonyl (C=O) groups excluding carboxylic acids is 5. The van der Waals surface area contributed by atoms with Crippen LogP contribution in [0.5, 0.6) is 5.75 Å². The smallest absolute Gasteiger partial charge is 0.235 e. The van der Waals surface area contributed by atoms with Crippen LogP contribution in [0, 0.1) is 23.7 Å². The van der Waals surface area contributed by atoms with E-state index in [4.69, 9.17) is 17.5 Å². The molecule has 13 heteroatoms. The Labute approximate surface area is 203 Å². The Bertz CT molecular complexity index is 1220. The van der Waals surface area contributed by atoms with E-state index in [2.05, 4.69) is 9.75 Å². The molecule has 0 heterocycles. The maximum atomic E-state index is 13.8. The van der Waals surface area contributed by atoms with Gasteiger partial charge in [0.15, 0.2) is 34.7 Å². The van der Waals surface area contributed by atoms with Gasteiger partial charge in [-0.05, 0) is 37.7 Å². The van der Waals surface area contributed by atoms with Gasteiger partial charge in [0, 0.05) is 5.92 Å². The SMILES string of the molecule is C[C@H]1c2c(N=NCl)ccc(O)c2C(=O)C2C(=O)[C@]3(O)C(=O)C(C(N)=O)C(=O)[C@@H](N(C)C)C3[C@@H](O)C21. The number of aromatic hydroxyl groups is 1. The van der Waals surface area contributed by atoms with Crippen molar-refractivity contribution in [1.29, 1.82) is 0 Å². The molecule has 0 saturated heterocycles. The number of nitrogens with two attached hydrogens (primary N) is 1. The number of rotatable bonds is 3. The van der Waals surface area contributed by atoms with Crippen molar-refractivity contribution in [1.82, 2.24) is 4.90 Å².